The molecular weight excluding hydrogens is 272 g/mol. The molecule has 1 aromatic rings. The number of hydrogen-bond donors (Lipinski definition) is 1. The number of amides is 1. The maximum absolute atomic E-state index is 12.6. The Labute approximate surface area is 121 Å². The van der Waals surface area contributed by atoms with Crippen LogP contribution in [0.3, 0.4) is 0 Å². The summed E-state index contributed by atoms with van der Waals surface area (Å²) in [5.41, 5.74) is 0.167. The number of nitrogens with zero attached hydrogens (tertiary/aromatic N) is 2. The largest absolute Gasteiger partial charge is 0.481 e. The molecule has 2 bridgehead atoms. The van der Waals surface area contributed by atoms with Gasteiger partial charge >= 0.3 is 5.97 Å². The fraction of sp³-hybridized carbons (Fsp3) is 0.400. The first kappa shape index (κ1) is 12.5. The summed E-state index contributed by atoms with van der Waals surface area (Å²) in [4.78, 5) is 29.8. The van der Waals surface area contributed by atoms with Gasteiger partial charge in [0.15, 0.2) is 0 Å². The van der Waals surface area contributed by atoms with E-state index in [0.717, 1.165) is 5.56 Å². The van der Waals surface area contributed by atoms with Crippen molar-refractivity contribution in [1.82, 2.24) is 9.88 Å². The molecule has 1 amide bonds. The van der Waals surface area contributed by atoms with Crippen LogP contribution in [0, 0.1) is 11.8 Å². The summed E-state index contributed by atoms with van der Waals surface area (Å²) >= 11 is 0. The van der Waals surface area contributed by atoms with Crippen molar-refractivity contribution in [2.24, 2.45) is 11.8 Å². The Morgan fingerprint density at radius 3 is 3.14 bits per heavy atom. The molecule has 3 aliphatic rings. The van der Waals surface area contributed by atoms with Crippen LogP contribution in [0.15, 0.2) is 36.7 Å². The molecule has 0 aromatic carbocycles. The maximum Gasteiger partial charge on any atom is 0.310 e. The highest BCUT2D eigenvalue weighted by atomic mass is 16.5. The van der Waals surface area contributed by atoms with E-state index in [1.165, 1.54) is 0 Å². The molecule has 1 aromatic heterocycles. The Hall–Kier alpha value is -2.21. The summed E-state index contributed by atoms with van der Waals surface area (Å²) in [6.45, 7) is 0.835. The van der Waals surface area contributed by atoms with Gasteiger partial charge in [-0.15, -0.1) is 0 Å². The first-order valence-corrected chi connectivity index (χ1v) is 6.88. The van der Waals surface area contributed by atoms with Crippen LogP contribution in [0.4, 0.5) is 0 Å². The van der Waals surface area contributed by atoms with Gasteiger partial charge in [-0.05, 0) is 11.6 Å². The van der Waals surface area contributed by atoms with Crippen LogP contribution in [0.1, 0.15) is 5.56 Å². The van der Waals surface area contributed by atoms with E-state index in [9.17, 15) is 14.7 Å². The van der Waals surface area contributed by atoms with Crippen molar-refractivity contribution in [2.45, 2.75) is 18.2 Å². The molecule has 6 heteroatoms. The SMILES string of the molecule is O=C(O)[C@@H]1[C@@H]2C=C[C@]3(CN(Cc4cccnc4)C(=O)[C@H]13)O2. The number of carboxylic acids is 1. The van der Waals surface area contributed by atoms with Crippen LogP contribution < -0.4 is 0 Å². The number of pyridine rings is 1. The van der Waals surface area contributed by atoms with E-state index in [-0.39, 0.29) is 5.91 Å². The monoisotopic (exact) mass is 286 g/mol. The number of ether oxygens (including phenoxy) is 1. The van der Waals surface area contributed by atoms with Gasteiger partial charge in [-0.3, -0.25) is 14.6 Å². The average molecular weight is 286 g/mol. The molecule has 0 saturated carbocycles. The lowest BCUT2D eigenvalue weighted by atomic mass is 9.77. The highest BCUT2D eigenvalue weighted by molar-refractivity contribution is 5.90. The number of carbonyl (C=O) groups is 2. The van der Waals surface area contributed by atoms with Gasteiger partial charge in [-0.1, -0.05) is 18.2 Å². The number of likely N-dealkylation sites (tertiary alicyclic amines) is 1. The maximum atomic E-state index is 12.6. The quantitative estimate of drug-likeness (QED) is 0.816. The zero-order valence-corrected chi connectivity index (χ0v) is 11.2. The van der Waals surface area contributed by atoms with Crippen molar-refractivity contribution in [2.75, 3.05) is 6.54 Å². The molecule has 0 unspecified atom stereocenters. The van der Waals surface area contributed by atoms with Gasteiger partial charge in [-0.2, -0.15) is 0 Å². The Bertz CT molecular complexity index is 644. The second-order valence-corrected chi connectivity index (χ2v) is 5.79. The summed E-state index contributed by atoms with van der Waals surface area (Å²) in [6, 6.07) is 3.71. The van der Waals surface area contributed by atoms with Crippen molar-refractivity contribution >= 4 is 11.9 Å². The summed E-state index contributed by atoms with van der Waals surface area (Å²) < 4.78 is 5.83. The fourth-order valence-corrected chi connectivity index (χ4v) is 3.71. The molecule has 21 heavy (non-hydrogen) atoms. The zero-order chi connectivity index (χ0) is 14.6. The van der Waals surface area contributed by atoms with Crippen LogP contribution in [-0.2, 0) is 20.9 Å². The molecular formula is C15H14N2O4. The summed E-state index contributed by atoms with van der Waals surface area (Å²) in [5, 5.41) is 9.38. The van der Waals surface area contributed by atoms with E-state index in [1.807, 2.05) is 18.2 Å². The predicted molar refractivity (Wildman–Crippen MR) is 71.0 cm³/mol. The third-order valence-electron chi connectivity index (χ3n) is 4.56. The van der Waals surface area contributed by atoms with Gasteiger partial charge in [0.05, 0.1) is 18.6 Å². The standard InChI is InChI=1S/C15H14N2O4/c18-13-12-11(14(19)20)10-3-4-15(12,21-10)8-17(13)7-9-2-1-5-16-6-9/h1-6,10-12H,7-8H2,(H,19,20)/t10-,11+,12-,15+/m0/s1. The molecule has 108 valence electrons. The summed E-state index contributed by atoms with van der Waals surface area (Å²) in [6.07, 6.45) is 6.55. The number of aliphatic carboxylic acids is 1. The molecule has 0 radical (unpaired) electrons. The smallest absolute Gasteiger partial charge is 0.310 e. The van der Waals surface area contributed by atoms with Gasteiger partial charge in [-0.25, -0.2) is 0 Å². The fourth-order valence-electron chi connectivity index (χ4n) is 3.71. The third kappa shape index (κ3) is 1.65. The van der Waals surface area contributed by atoms with Gasteiger partial charge in [0, 0.05) is 18.9 Å². The van der Waals surface area contributed by atoms with Crippen LogP contribution in [0.2, 0.25) is 0 Å². The number of carbonyl (C=O) groups excluding carboxylic acids is 1. The average Bonchev–Trinajstić information content (AvgIpc) is 3.09. The second kappa shape index (κ2) is 4.14. The molecule has 4 atom stereocenters. The molecule has 3 aliphatic heterocycles. The first-order chi connectivity index (χ1) is 10.1. The molecule has 1 N–H and O–H groups in total. The second-order valence-electron chi connectivity index (χ2n) is 5.79. The normalized spacial score (nSPS) is 36.3. The Kier molecular flexibility index (Phi) is 2.47. The highest BCUT2D eigenvalue weighted by Gasteiger charge is 2.66. The van der Waals surface area contributed by atoms with E-state index < -0.39 is 29.5 Å². The highest BCUT2D eigenvalue weighted by Crippen LogP contribution is 2.52. The van der Waals surface area contributed by atoms with Crippen LogP contribution >= 0.6 is 0 Å². The van der Waals surface area contributed by atoms with E-state index in [1.54, 1.807) is 23.4 Å². The summed E-state index contributed by atoms with van der Waals surface area (Å²) in [5.74, 6) is -2.49. The molecule has 4 heterocycles. The Morgan fingerprint density at radius 1 is 1.57 bits per heavy atom. The van der Waals surface area contributed by atoms with E-state index in [4.69, 9.17) is 4.74 Å². The minimum Gasteiger partial charge on any atom is -0.481 e. The van der Waals surface area contributed by atoms with Crippen molar-refractivity contribution in [3.05, 3.63) is 42.2 Å². The lowest BCUT2D eigenvalue weighted by molar-refractivity contribution is -0.148. The van der Waals surface area contributed by atoms with Gasteiger partial charge < -0.3 is 14.7 Å². The first-order valence-electron chi connectivity index (χ1n) is 6.88. The lowest BCUT2D eigenvalue weighted by Crippen LogP contribution is -2.39. The zero-order valence-electron chi connectivity index (χ0n) is 11.2. The van der Waals surface area contributed by atoms with Crippen LogP contribution in [0.25, 0.3) is 0 Å². The molecule has 2 saturated heterocycles. The number of aromatic nitrogens is 1. The van der Waals surface area contributed by atoms with Gasteiger partial charge in [0.2, 0.25) is 5.91 Å². The molecule has 2 fully saturated rings. The van der Waals surface area contributed by atoms with Crippen molar-refractivity contribution in [1.29, 1.82) is 0 Å². The Morgan fingerprint density at radius 2 is 2.43 bits per heavy atom. The third-order valence-corrected chi connectivity index (χ3v) is 4.56. The topological polar surface area (TPSA) is 79.7 Å². The molecule has 1 spiro atoms. The molecule has 4 rings (SSSR count). The number of hydrogen-bond acceptors (Lipinski definition) is 4. The lowest BCUT2D eigenvalue weighted by Gasteiger charge is -2.21. The van der Waals surface area contributed by atoms with Gasteiger partial charge in [0.25, 0.3) is 0 Å². The Balaban J connectivity index is 1.63. The van der Waals surface area contributed by atoms with E-state index in [2.05, 4.69) is 4.98 Å². The molecule has 0 aliphatic carbocycles. The number of fused-ring (bicyclic) bond motifs is 1. The van der Waals surface area contributed by atoms with E-state index in [0.29, 0.717) is 13.1 Å². The minimum atomic E-state index is -0.965. The van der Waals surface area contributed by atoms with Crippen molar-refractivity contribution in [3.8, 4) is 0 Å². The number of carboxylic acid groups (broad SMARTS) is 1. The summed E-state index contributed by atoms with van der Waals surface area (Å²) in [7, 11) is 0. The predicted octanol–water partition coefficient (Wildman–Crippen LogP) is 0.448. The van der Waals surface area contributed by atoms with Crippen LogP contribution in [0.5, 0.6) is 0 Å². The van der Waals surface area contributed by atoms with E-state index >= 15 is 0 Å². The molecule has 6 nitrogen and oxygen atoms in total. The van der Waals surface area contributed by atoms with Crippen molar-refractivity contribution in [3.63, 3.8) is 0 Å². The van der Waals surface area contributed by atoms with Crippen molar-refractivity contribution < 1.29 is 19.4 Å². The van der Waals surface area contributed by atoms with Gasteiger partial charge in [0.1, 0.15) is 11.5 Å². The van der Waals surface area contributed by atoms with Crippen LogP contribution in [-0.4, -0.2) is 45.1 Å². The number of rotatable bonds is 3. The minimum absolute atomic E-state index is 0.141.